The first-order valence-corrected chi connectivity index (χ1v) is 10.3. The van der Waals surface area contributed by atoms with Crippen LogP contribution >= 0.6 is 0 Å². The zero-order valence-electron chi connectivity index (χ0n) is 11.6. The fourth-order valence-corrected chi connectivity index (χ4v) is 5.22. The lowest BCUT2D eigenvalue weighted by atomic mass is 9.85. The standard InChI is InChI=1S/C15H26Si/c1-12-7-6-8-13(2)14(12)11-15(9-10-15)16(3,4)5/h7,11,13H,6,8-10H2,1-5H3/b14-11+/t13-/m0/s1. The molecule has 1 fully saturated rings. The molecular weight excluding hydrogens is 208 g/mol. The highest BCUT2D eigenvalue weighted by atomic mass is 28.3. The lowest BCUT2D eigenvalue weighted by Crippen LogP contribution is -2.29. The second-order valence-corrected chi connectivity index (χ2v) is 12.4. The van der Waals surface area contributed by atoms with Crippen molar-refractivity contribution in [3.8, 4) is 0 Å². The summed E-state index contributed by atoms with van der Waals surface area (Å²) in [5.41, 5.74) is 3.23. The summed E-state index contributed by atoms with van der Waals surface area (Å²) in [6.07, 6.45) is 10.7. The lowest BCUT2D eigenvalue weighted by Gasteiger charge is -2.30. The van der Waals surface area contributed by atoms with Gasteiger partial charge >= 0.3 is 0 Å². The molecule has 0 unspecified atom stereocenters. The molecule has 0 N–H and O–H groups in total. The maximum absolute atomic E-state index is 2.69. The summed E-state index contributed by atoms with van der Waals surface area (Å²) in [5.74, 6) is 0.791. The van der Waals surface area contributed by atoms with Gasteiger partial charge in [0.1, 0.15) is 0 Å². The monoisotopic (exact) mass is 234 g/mol. The van der Waals surface area contributed by atoms with E-state index in [1.165, 1.54) is 25.7 Å². The molecule has 0 aromatic heterocycles. The van der Waals surface area contributed by atoms with Crippen molar-refractivity contribution in [2.75, 3.05) is 0 Å². The highest BCUT2D eigenvalue weighted by Crippen LogP contribution is 2.63. The molecule has 0 aliphatic heterocycles. The van der Waals surface area contributed by atoms with Crippen LogP contribution in [0.3, 0.4) is 0 Å². The van der Waals surface area contributed by atoms with Gasteiger partial charge in [-0.05, 0) is 49.1 Å². The Morgan fingerprint density at radius 2 is 1.94 bits per heavy atom. The molecule has 1 heteroatoms. The molecule has 90 valence electrons. The van der Waals surface area contributed by atoms with E-state index in [9.17, 15) is 0 Å². The predicted molar refractivity (Wildman–Crippen MR) is 75.5 cm³/mol. The Kier molecular flexibility index (Phi) is 2.94. The summed E-state index contributed by atoms with van der Waals surface area (Å²) in [6, 6.07) is 0. The summed E-state index contributed by atoms with van der Waals surface area (Å²) in [5, 5.41) is 0.642. The van der Waals surface area contributed by atoms with Crippen molar-refractivity contribution in [1.82, 2.24) is 0 Å². The number of hydrogen-bond donors (Lipinski definition) is 0. The normalized spacial score (nSPS) is 31.4. The molecule has 2 aliphatic rings. The fourth-order valence-electron chi connectivity index (χ4n) is 3.01. The molecule has 0 nitrogen and oxygen atoms in total. The Morgan fingerprint density at radius 3 is 2.38 bits per heavy atom. The predicted octanol–water partition coefficient (Wildman–Crippen LogP) is 5.16. The van der Waals surface area contributed by atoms with Gasteiger partial charge < -0.3 is 0 Å². The van der Waals surface area contributed by atoms with Crippen molar-refractivity contribution in [2.24, 2.45) is 5.92 Å². The summed E-state index contributed by atoms with van der Waals surface area (Å²) in [7, 11) is -1.02. The lowest BCUT2D eigenvalue weighted by molar-refractivity contribution is 0.601. The van der Waals surface area contributed by atoms with Crippen LogP contribution in [0.25, 0.3) is 0 Å². The molecule has 0 saturated heterocycles. The van der Waals surface area contributed by atoms with Crippen molar-refractivity contribution in [3.05, 3.63) is 23.3 Å². The van der Waals surface area contributed by atoms with Gasteiger partial charge in [0.2, 0.25) is 0 Å². The quantitative estimate of drug-likeness (QED) is 0.579. The van der Waals surface area contributed by atoms with E-state index in [1.807, 2.05) is 0 Å². The summed E-state index contributed by atoms with van der Waals surface area (Å²) in [4.78, 5) is 0. The van der Waals surface area contributed by atoms with E-state index in [1.54, 1.807) is 11.1 Å². The molecule has 0 spiro atoms. The highest BCUT2D eigenvalue weighted by Gasteiger charge is 2.51. The van der Waals surface area contributed by atoms with E-state index in [0.717, 1.165) is 5.92 Å². The van der Waals surface area contributed by atoms with Gasteiger partial charge in [-0.2, -0.15) is 0 Å². The molecule has 0 radical (unpaired) electrons. The molecule has 0 amide bonds. The molecule has 0 bridgehead atoms. The third-order valence-corrected chi connectivity index (χ3v) is 8.38. The molecule has 0 heterocycles. The van der Waals surface area contributed by atoms with Crippen LogP contribution in [-0.2, 0) is 0 Å². The Balaban J connectivity index is 2.30. The first kappa shape index (κ1) is 12.2. The number of hydrogen-bond acceptors (Lipinski definition) is 0. The van der Waals surface area contributed by atoms with E-state index >= 15 is 0 Å². The Hall–Kier alpha value is -0.303. The molecule has 2 rings (SSSR count). The van der Waals surface area contributed by atoms with Crippen LogP contribution in [0.1, 0.15) is 39.5 Å². The maximum atomic E-state index is 2.69. The second-order valence-electron chi connectivity index (χ2n) is 6.87. The van der Waals surface area contributed by atoms with Crippen LogP contribution in [0.5, 0.6) is 0 Å². The minimum Gasteiger partial charge on any atom is -0.0813 e. The minimum absolute atomic E-state index is 0.642. The fraction of sp³-hybridized carbons (Fsp3) is 0.733. The van der Waals surface area contributed by atoms with E-state index in [2.05, 4.69) is 45.6 Å². The van der Waals surface area contributed by atoms with Crippen molar-refractivity contribution < 1.29 is 0 Å². The van der Waals surface area contributed by atoms with Gasteiger partial charge in [0.25, 0.3) is 0 Å². The summed E-state index contributed by atoms with van der Waals surface area (Å²) in [6.45, 7) is 12.3. The van der Waals surface area contributed by atoms with Gasteiger partial charge in [-0.25, -0.2) is 0 Å². The van der Waals surface area contributed by atoms with Crippen LogP contribution in [0.4, 0.5) is 0 Å². The molecule has 1 atom stereocenters. The smallest absolute Gasteiger partial charge is 0.0549 e. The molecule has 1 saturated carbocycles. The van der Waals surface area contributed by atoms with Gasteiger partial charge in [0.05, 0.1) is 8.07 Å². The number of rotatable bonds is 2. The first-order valence-electron chi connectivity index (χ1n) is 6.76. The van der Waals surface area contributed by atoms with Crippen molar-refractivity contribution >= 4 is 8.07 Å². The van der Waals surface area contributed by atoms with Gasteiger partial charge in [0, 0.05) is 0 Å². The van der Waals surface area contributed by atoms with E-state index in [4.69, 9.17) is 0 Å². The van der Waals surface area contributed by atoms with Gasteiger partial charge in [-0.3, -0.25) is 0 Å². The molecule has 16 heavy (non-hydrogen) atoms. The zero-order valence-corrected chi connectivity index (χ0v) is 12.6. The molecule has 2 aliphatic carbocycles. The maximum Gasteiger partial charge on any atom is 0.0549 e. The van der Waals surface area contributed by atoms with Crippen LogP contribution < -0.4 is 0 Å². The molecule has 0 aromatic carbocycles. The van der Waals surface area contributed by atoms with Crippen molar-refractivity contribution in [1.29, 1.82) is 0 Å². The zero-order chi connectivity index (χ0) is 12.0. The Bertz CT molecular complexity index is 337. The first-order chi connectivity index (χ1) is 7.36. The van der Waals surface area contributed by atoms with Gasteiger partial charge in [-0.15, -0.1) is 0 Å². The average molecular weight is 234 g/mol. The SMILES string of the molecule is CC1=CCC[C@H](C)/C1=C/C1([Si](C)(C)C)CC1. The Labute approximate surface area is 102 Å². The summed E-state index contributed by atoms with van der Waals surface area (Å²) < 4.78 is 0. The van der Waals surface area contributed by atoms with Crippen LogP contribution in [0.15, 0.2) is 23.3 Å². The largest absolute Gasteiger partial charge is 0.0813 e. The molecule has 0 aromatic rings. The van der Waals surface area contributed by atoms with Gasteiger partial charge in [0.15, 0.2) is 0 Å². The van der Waals surface area contributed by atoms with E-state index in [0.29, 0.717) is 5.04 Å². The second kappa shape index (κ2) is 3.87. The van der Waals surface area contributed by atoms with Crippen molar-refractivity contribution in [2.45, 2.75) is 64.2 Å². The third kappa shape index (κ3) is 2.07. The van der Waals surface area contributed by atoms with Crippen LogP contribution in [0, 0.1) is 5.92 Å². The Morgan fingerprint density at radius 1 is 1.31 bits per heavy atom. The molecular formula is C15H26Si. The van der Waals surface area contributed by atoms with Crippen LogP contribution in [-0.4, -0.2) is 8.07 Å². The van der Waals surface area contributed by atoms with Crippen LogP contribution in [0.2, 0.25) is 24.7 Å². The number of allylic oxidation sites excluding steroid dienone is 4. The average Bonchev–Trinajstić information content (AvgIpc) is 2.91. The van der Waals surface area contributed by atoms with Gasteiger partial charge in [-0.1, -0.05) is 44.3 Å². The van der Waals surface area contributed by atoms with Crippen molar-refractivity contribution in [3.63, 3.8) is 0 Å². The van der Waals surface area contributed by atoms with E-state index in [-0.39, 0.29) is 0 Å². The van der Waals surface area contributed by atoms with E-state index < -0.39 is 8.07 Å². The third-order valence-electron chi connectivity index (χ3n) is 4.75. The minimum atomic E-state index is -1.02. The summed E-state index contributed by atoms with van der Waals surface area (Å²) >= 11 is 0. The topological polar surface area (TPSA) is 0 Å². The highest BCUT2D eigenvalue weighted by molar-refractivity contribution is 6.80.